The largest absolute Gasteiger partial charge is 0.363 e. The van der Waals surface area contributed by atoms with Crippen LogP contribution >= 0.6 is 0 Å². The van der Waals surface area contributed by atoms with Crippen LogP contribution in [0.2, 0.25) is 0 Å². The van der Waals surface area contributed by atoms with Crippen molar-refractivity contribution in [2.45, 2.75) is 0 Å². The standard InChI is InChI=1S/C13H9N3O4/c17-12(9-4-2-1-3-5-9)15-13(18)10-6-7-11(14-8-10)16(19)20/h1-8H,(H,15,17,18). The Hall–Kier alpha value is -3.09. The van der Waals surface area contributed by atoms with E-state index in [1.165, 1.54) is 6.07 Å². The minimum atomic E-state index is -0.670. The molecule has 0 aliphatic heterocycles. The average molecular weight is 271 g/mol. The minimum absolute atomic E-state index is 0.0693. The number of imide groups is 1. The second kappa shape index (κ2) is 5.70. The summed E-state index contributed by atoms with van der Waals surface area (Å²) >= 11 is 0. The van der Waals surface area contributed by atoms with Crippen molar-refractivity contribution in [2.75, 3.05) is 0 Å². The summed E-state index contributed by atoms with van der Waals surface area (Å²) in [7, 11) is 0. The highest BCUT2D eigenvalue weighted by Crippen LogP contribution is 2.07. The van der Waals surface area contributed by atoms with Crippen molar-refractivity contribution in [1.29, 1.82) is 0 Å². The van der Waals surface area contributed by atoms with E-state index in [0.717, 1.165) is 12.3 Å². The number of carbonyl (C=O) groups is 2. The summed E-state index contributed by atoms with van der Waals surface area (Å²) in [5.74, 6) is -1.58. The molecule has 0 aliphatic carbocycles. The normalized spacial score (nSPS) is 9.80. The zero-order valence-electron chi connectivity index (χ0n) is 10.1. The van der Waals surface area contributed by atoms with Gasteiger partial charge in [-0.1, -0.05) is 18.2 Å². The van der Waals surface area contributed by atoms with Crippen LogP contribution in [0, 0.1) is 10.1 Å². The van der Waals surface area contributed by atoms with E-state index in [9.17, 15) is 19.7 Å². The van der Waals surface area contributed by atoms with Crippen molar-refractivity contribution in [3.8, 4) is 0 Å². The van der Waals surface area contributed by atoms with Crippen LogP contribution in [0.5, 0.6) is 0 Å². The van der Waals surface area contributed by atoms with Gasteiger partial charge in [0.25, 0.3) is 11.8 Å². The van der Waals surface area contributed by atoms with Crippen molar-refractivity contribution >= 4 is 17.6 Å². The number of carbonyl (C=O) groups excluding carboxylic acids is 2. The van der Waals surface area contributed by atoms with Gasteiger partial charge in [-0.2, -0.15) is 0 Å². The maximum atomic E-state index is 11.8. The summed E-state index contributed by atoms with van der Waals surface area (Å²) in [6.45, 7) is 0. The molecule has 2 aromatic rings. The predicted octanol–water partition coefficient (Wildman–Crippen LogP) is 1.56. The first-order chi connectivity index (χ1) is 9.58. The van der Waals surface area contributed by atoms with E-state index in [-0.39, 0.29) is 11.4 Å². The molecule has 0 bridgehead atoms. The molecule has 0 fully saturated rings. The van der Waals surface area contributed by atoms with E-state index in [1.807, 2.05) is 0 Å². The number of benzene rings is 1. The molecular formula is C13H9N3O4. The lowest BCUT2D eigenvalue weighted by atomic mass is 10.2. The molecule has 0 spiro atoms. The summed E-state index contributed by atoms with van der Waals surface area (Å²) in [5.41, 5.74) is 0.413. The third-order valence-electron chi connectivity index (χ3n) is 2.46. The summed E-state index contributed by atoms with van der Waals surface area (Å²) in [6, 6.07) is 10.6. The first-order valence-corrected chi connectivity index (χ1v) is 5.59. The molecule has 0 atom stereocenters. The van der Waals surface area contributed by atoms with Gasteiger partial charge >= 0.3 is 5.82 Å². The van der Waals surface area contributed by atoms with E-state index in [0.29, 0.717) is 5.56 Å². The quantitative estimate of drug-likeness (QED) is 0.518. The van der Waals surface area contributed by atoms with Gasteiger partial charge in [0, 0.05) is 11.6 Å². The molecule has 0 aliphatic rings. The molecule has 2 amide bonds. The molecule has 0 saturated carbocycles. The fraction of sp³-hybridized carbons (Fsp3) is 0. The monoisotopic (exact) mass is 271 g/mol. The number of hydrogen-bond donors (Lipinski definition) is 1. The number of nitro groups is 1. The van der Waals surface area contributed by atoms with E-state index >= 15 is 0 Å². The summed E-state index contributed by atoms with van der Waals surface area (Å²) in [5, 5.41) is 12.6. The maximum Gasteiger partial charge on any atom is 0.363 e. The predicted molar refractivity (Wildman–Crippen MR) is 69.1 cm³/mol. The van der Waals surface area contributed by atoms with E-state index in [2.05, 4.69) is 10.3 Å². The van der Waals surface area contributed by atoms with Crippen molar-refractivity contribution in [2.24, 2.45) is 0 Å². The molecule has 0 unspecified atom stereocenters. The molecule has 1 heterocycles. The van der Waals surface area contributed by atoms with Gasteiger partial charge in [0.2, 0.25) is 0 Å². The van der Waals surface area contributed by atoms with Gasteiger partial charge in [-0.05, 0) is 28.1 Å². The summed E-state index contributed by atoms with van der Waals surface area (Å²) < 4.78 is 0. The number of nitrogens with one attached hydrogen (secondary N) is 1. The molecule has 7 heteroatoms. The highest BCUT2D eigenvalue weighted by atomic mass is 16.6. The number of hydrogen-bond acceptors (Lipinski definition) is 5. The smallest absolute Gasteiger partial charge is 0.358 e. The van der Waals surface area contributed by atoms with Crippen molar-refractivity contribution in [3.05, 3.63) is 69.9 Å². The van der Waals surface area contributed by atoms with Gasteiger partial charge < -0.3 is 10.1 Å². The van der Waals surface area contributed by atoms with Crippen molar-refractivity contribution in [1.82, 2.24) is 10.3 Å². The Morgan fingerprint density at radius 2 is 1.65 bits per heavy atom. The molecule has 0 radical (unpaired) electrons. The van der Waals surface area contributed by atoms with E-state index in [1.54, 1.807) is 30.3 Å². The molecule has 1 aromatic carbocycles. The van der Waals surface area contributed by atoms with Gasteiger partial charge in [-0.25, -0.2) is 0 Å². The number of amides is 2. The van der Waals surface area contributed by atoms with Crippen LogP contribution in [0.25, 0.3) is 0 Å². The molecule has 2 rings (SSSR count). The van der Waals surface area contributed by atoms with Crippen LogP contribution in [-0.4, -0.2) is 21.7 Å². The Morgan fingerprint density at radius 3 is 2.20 bits per heavy atom. The second-order valence-electron chi connectivity index (χ2n) is 3.81. The van der Waals surface area contributed by atoms with Gasteiger partial charge in [0.1, 0.15) is 0 Å². The zero-order chi connectivity index (χ0) is 14.5. The first-order valence-electron chi connectivity index (χ1n) is 5.59. The van der Waals surface area contributed by atoms with Crippen LogP contribution in [0.4, 0.5) is 5.82 Å². The Kier molecular flexibility index (Phi) is 3.80. The number of aromatic nitrogens is 1. The topological polar surface area (TPSA) is 102 Å². The van der Waals surface area contributed by atoms with Gasteiger partial charge in [-0.15, -0.1) is 0 Å². The SMILES string of the molecule is O=C(NC(=O)c1ccc([N+](=O)[O-])nc1)c1ccccc1. The lowest BCUT2D eigenvalue weighted by molar-refractivity contribution is -0.389. The lowest BCUT2D eigenvalue weighted by Crippen LogP contribution is -2.30. The Labute approximate surface area is 113 Å². The Balaban J connectivity index is 2.08. The number of rotatable bonds is 3. The van der Waals surface area contributed by atoms with Gasteiger partial charge in [0.15, 0.2) is 6.20 Å². The molecular weight excluding hydrogens is 262 g/mol. The average Bonchev–Trinajstić information content (AvgIpc) is 2.48. The zero-order valence-corrected chi connectivity index (χ0v) is 10.1. The lowest BCUT2D eigenvalue weighted by Gasteiger charge is -2.02. The Bertz CT molecular complexity index is 653. The van der Waals surface area contributed by atoms with E-state index < -0.39 is 16.7 Å². The maximum absolute atomic E-state index is 11.8. The first kappa shape index (κ1) is 13.3. The van der Waals surface area contributed by atoms with Gasteiger partial charge in [0.05, 0.1) is 5.56 Å². The highest BCUT2D eigenvalue weighted by molar-refractivity contribution is 6.10. The fourth-order valence-electron chi connectivity index (χ4n) is 1.47. The van der Waals surface area contributed by atoms with Crippen LogP contribution in [-0.2, 0) is 0 Å². The number of pyridine rings is 1. The number of nitrogens with zero attached hydrogens (tertiary/aromatic N) is 2. The fourth-order valence-corrected chi connectivity index (χ4v) is 1.47. The third kappa shape index (κ3) is 3.02. The van der Waals surface area contributed by atoms with Crippen LogP contribution in [0.15, 0.2) is 48.7 Å². The second-order valence-corrected chi connectivity index (χ2v) is 3.81. The van der Waals surface area contributed by atoms with Crippen molar-refractivity contribution < 1.29 is 14.5 Å². The van der Waals surface area contributed by atoms with Crippen LogP contribution < -0.4 is 5.32 Å². The van der Waals surface area contributed by atoms with Gasteiger partial charge in [-0.3, -0.25) is 14.9 Å². The van der Waals surface area contributed by atoms with E-state index in [4.69, 9.17) is 0 Å². The molecule has 20 heavy (non-hydrogen) atoms. The third-order valence-corrected chi connectivity index (χ3v) is 2.46. The molecule has 0 saturated heterocycles. The summed E-state index contributed by atoms with van der Waals surface area (Å²) in [6.07, 6.45) is 1.05. The summed E-state index contributed by atoms with van der Waals surface area (Å²) in [4.78, 5) is 36.8. The molecule has 100 valence electrons. The van der Waals surface area contributed by atoms with Crippen molar-refractivity contribution in [3.63, 3.8) is 0 Å². The molecule has 1 N–H and O–H groups in total. The van der Waals surface area contributed by atoms with Crippen LogP contribution in [0.1, 0.15) is 20.7 Å². The molecule has 7 nitrogen and oxygen atoms in total. The Morgan fingerprint density at radius 1 is 1.00 bits per heavy atom. The van der Waals surface area contributed by atoms with Crippen LogP contribution in [0.3, 0.4) is 0 Å². The highest BCUT2D eigenvalue weighted by Gasteiger charge is 2.15. The minimum Gasteiger partial charge on any atom is -0.358 e. The molecule has 1 aromatic heterocycles.